The molecule has 0 spiro atoms. The molecule has 0 atom stereocenters. The number of halogens is 3. The van der Waals surface area contributed by atoms with Crippen LogP contribution in [0.2, 0.25) is 0 Å². The van der Waals surface area contributed by atoms with Gasteiger partial charge in [0.25, 0.3) is 0 Å². The van der Waals surface area contributed by atoms with Crippen molar-refractivity contribution in [2.75, 3.05) is 6.54 Å². The molecule has 0 unspecified atom stereocenters. The van der Waals surface area contributed by atoms with Gasteiger partial charge in [-0.2, -0.15) is 18.3 Å². The Morgan fingerprint density at radius 3 is 2.63 bits per heavy atom. The lowest BCUT2D eigenvalue weighted by Crippen LogP contribution is -2.10. The van der Waals surface area contributed by atoms with Crippen molar-refractivity contribution < 1.29 is 13.2 Å². The Morgan fingerprint density at radius 1 is 1.26 bits per heavy atom. The summed E-state index contributed by atoms with van der Waals surface area (Å²) >= 11 is 1.58. The van der Waals surface area contributed by atoms with E-state index in [-0.39, 0.29) is 0 Å². The molecule has 0 aliphatic carbocycles. The van der Waals surface area contributed by atoms with E-state index in [0.29, 0.717) is 6.54 Å². The molecule has 0 fully saturated rings. The number of hydrogen-bond donors (Lipinski definition) is 1. The zero-order valence-corrected chi connectivity index (χ0v) is 11.2. The fourth-order valence-electron chi connectivity index (χ4n) is 1.61. The van der Waals surface area contributed by atoms with Gasteiger partial charge in [0, 0.05) is 22.5 Å². The number of thiophene rings is 1. The van der Waals surface area contributed by atoms with Crippen molar-refractivity contribution in [3.8, 4) is 0 Å². The third kappa shape index (κ3) is 3.81. The molecule has 2 aromatic rings. The Kier molecular flexibility index (Phi) is 4.26. The second-order valence-corrected chi connectivity index (χ2v) is 5.30. The summed E-state index contributed by atoms with van der Waals surface area (Å²) in [7, 11) is 0. The van der Waals surface area contributed by atoms with E-state index in [0.717, 1.165) is 24.0 Å². The third-order valence-corrected chi connectivity index (χ3v) is 3.59. The molecule has 0 radical (unpaired) electrons. The van der Waals surface area contributed by atoms with E-state index in [4.69, 9.17) is 0 Å². The largest absolute Gasteiger partial charge is 0.435 e. The zero-order valence-electron chi connectivity index (χ0n) is 10.4. The molecule has 19 heavy (non-hydrogen) atoms. The molecule has 7 heteroatoms. The molecule has 0 saturated heterocycles. The van der Waals surface area contributed by atoms with Crippen molar-refractivity contribution in [2.45, 2.75) is 26.2 Å². The second-order valence-electron chi connectivity index (χ2n) is 4.04. The lowest BCUT2D eigenvalue weighted by molar-refractivity contribution is -0.141. The summed E-state index contributed by atoms with van der Waals surface area (Å²) in [4.78, 5) is 2.16. The van der Waals surface area contributed by atoms with Crippen molar-refractivity contribution >= 4 is 11.3 Å². The maximum Gasteiger partial charge on any atom is 0.435 e. The van der Waals surface area contributed by atoms with Gasteiger partial charge in [-0.25, -0.2) is 0 Å². The molecule has 0 aliphatic heterocycles. The lowest BCUT2D eigenvalue weighted by atomic mass is 10.4. The highest BCUT2D eigenvalue weighted by atomic mass is 32.1. The van der Waals surface area contributed by atoms with Crippen LogP contribution in [0.25, 0.3) is 0 Å². The molecule has 0 amide bonds. The van der Waals surface area contributed by atoms with Gasteiger partial charge in [0.1, 0.15) is 0 Å². The van der Waals surface area contributed by atoms with Crippen LogP contribution in [-0.4, -0.2) is 16.3 Å². The number of nitrogens with one attached hydrogen (secondary N) is 1. The third-order valence-electron chi connectivity index (χ3n) is 2.52. The highest BCUT2D eigenvalue weighted by molar-refractivity contribution is 7.11. The summed E-state index contributed by atoms with van der Waals surface area (Å²) in [5.74, 6) is 0. The van der Waals surface area contributed by atoms with Crippen LogP contribution < -0.4 is 5.32 Å². The summed E-state index contributed by atoms with van der Waals surface area (Å²) in [5, 5.41) is 6.74. The van der Waals surface area contributed by atoms with E-state index < -0.39 is 11.9 Å². The standard InChI is InChI=1S/C12H14F3N3S/c1-2-16-7-9-3-4-10(19-9)8-18-6-5-11(17-18)12(13,14)15/h3-6,16H,2,7-8H2,1H3. The minimum atomic E-state index is -4.38. The highest BCUT2D eigenvalue weighted by Crippen LogP contribution is 2.27. The molecule has 104 valence electrons. The predicted molar refractivity (Wildman–Crippen MR) is 68.0 cm³/mol. The van der Waals surface area contributed by atoms with Gasteiger partial charge < -0.3 is 5.32 Å². The molecule has 2 rings (SSSR count). The van der Waals surface area contributed by atoms with E-state index in [1.165, 1.54) is 15.8 Å². The van der Waals surface area contributed by atoms with Gasteiger partial charge in [0.15, 0.2) is 5.69 Å². The number of alkyl halides is 3. The van der Waals surface area contributed by atoms with E-state index in [9.17, 15) is 13.2 Å². The Balaban J connectivity index is 2.01. The maximum atomic E-state index is 12.4. The lowest BCUT2D eigenvalue weighted by Gasteiger charge is -2.01. The number of nitrogens with zero attached hydrogens (tertiary/aromatic N) is 2. The van der Waals surface area contributed by atoms with Crippen molar-refractivity contribution in [1.82, 2.24) is 15.1 Å². The SMILES string of the molecule is CCNCc1ccc(Cn2ccc(C(F)(F)F)n2)s1. The van der Waals surface area contributed by atoms with Crippen molar-refractivity contribution in [3.05, 3.63) is 39.8 Å². The molecule has 2 heterocycles. The average Bonchev–Trinajstić information content (AvgIpc) is 2.95. The monoisotopic (exact) mass is 289 g/mol. The summed E-state index contributed by atoms with van der Waals surface area (Å²) in [6.45, 7) is 4.07. The Hall–Kier alpha value is -1.34. The zero-order chi connectivity index (χ0) is 13.9. The van der Waals surface area contributed by atoms with Gasteiger partial charge >= 0.3 is 6.18 Å². The normalized spacial score (nSPS) is 12.0. The topological polar surface area (TPSA) is 29.9 Å². The van der Waals surface area contributed by atoms with Crippen LogP contribution in [0.1, 0.15) is 22.4 Å². The number of aromatic nitrogens is 2. The van der Waals surface area contributed by atoms with Gasteiger partial charge in [-0.1, -0.05) is 6.92 Å². The van der Waals surface area contributed by atoms with Gasteiger partial charge in [-0.3, -0.25) is 4.68 Å². The average molecular weight is 289 g/mol. The summed E-state index contributed by atoms with van der Waals surface area (Å²) in [6, 6.07) is 4.90. The van der Waals surface area contributed by atoms with E-state index in [1.807, 2.05) is 19.1 Å². The Morgan fingerprint density at radius 2 is 2.00 bits per heavy atom. The maximum absolute atomic E-state index is 12.4. The van der Waals surface area contributed by atoms with Crippen LogP contribution >= 0.6 is 11.3 Å². The smallest absolute Gasteiger partial charge is 0.312 e. The minimum Gasteiger partial charge on any atom is -0.312 e. The van der Waals surface area contributed by atoms with Crippen LogP contribution in [0, 0.1) is 0 Å². The van der Waals surface area contributed by atoms with E-state index in [1.54, 1.807) is 11.3 Å². The van der Waals surface area contributed by atoms with Crippen LogP contribution in [-0.2, 0) is 19.3 Å². The molecule has 3 nitrogen and oxygen atoms in total. The van der Waals surface area contributed by atoms with Gasteiger partial charge in [0.2, 0.25) is 0 Å². The molecule has 1 N–H and O–H groups in total. The fraction of sp³-hybridized carbons (Fsp3) is 0.417. The molecule has 0 saturated carbocycles. The Labute approximate surface area is 113 Å². The molecule has 0 bridgehead atoms. The van der Waals surface area contributed by atoms with Crippen LogP contribution in [0.5, 0.6) is 0 Å². The van der Waals surface area contributed by atoms with Gasteiger partial charge in [-0.05, 0) is 24.7 Å². The van der Waals surface area contributed by atoms with Crippen LogP contribution in [0.4, 0.5) is 13.2 Å². The summed E-state index contributed by atoms with van der Waals surface area (Å²) in [6.07, 6.45) is -3.02. The number of rotatable bonds is 5. The molecule has 0 aromatic carbocycles. The van der Waals surface area contributed by atoms with Crippen LogP contribution in [0.15, 0.2) is 24.4 Å². The predicted octanol–water partition coefficient (Wildman–Crippen LogP) is 3.12. The first kappa shape index (κ1) is 14.1. The van der Waals surface area contributed by atoms with E-state index in [2.05, 4.69) is 10.4 Å². The van der Waals surface area contributed by atoms with Gasteiger partial charge in [-0.15, -0.1) is 11.3 Å². The fourth-order valence-corrected chi connectivity index (χ4v) is 2.59. The second kappa shape index (κ2) is 5.75. The first-order valence-electron chi connectivity index (χ1n) is 5.88. The van der Waals surface area contributed by atoms with Crippen molar-refractivity contribution in [3.63, 3.8) is 0 Å². The van der Waals surface area contributed by atoms with Crippen molar-refractivity contribution in [1.29, 1.82) is 0 Å². The molecule has 2 aromatic heterocycles. The summed E-state index contributed by atoms with van der Waals surface area (Å²) in [5.41, 5.74) is -0.850. The summed E-state index contributed by atoms with van der Waals surface area (Å²) < 4.78 is 38.5. The van der Waals surface area contributed by atoms with E-state index >= 15 is 0 Å². The van der Waals surface area contributed by atoms with Gasteiger partial charge in [0.05, 0.1) is 6.54 Å². The molecular formula is C12H14F3N3S. The minimum absolute atomic E-state index is 0.368. The van der Waals surface area contributed by atoms with Crippen molar-refractivity contribution in [2.24, 2.45) is 0 Å². The van der Waals surface area contributed by atoms with Crippen LogP contribution in [0.3, 0.4) is 0 Å². The Bertz CT molecular complexity index is 530. The first-order chi connectivity index (χ1) is 8.99. The first-order valence-corrected chi connectivity index (χ1v) is 6.69. The molecule has 0 aliphatic rings. The molecular weight excluding hydrogens is 275 g/mol. The number of hydrogen-bond acceptors (Lipinski definition) is 3. The quantitative estimate of drug-likeness (QED) is 0.916. The highest BCUT2D eigenvalue weighted by Gasteiger charge is 2.33.